The predicted octanol–water partition coefficient (Wildman–Crippen LogP) is 3.58. The number of benzene rings is 1. The molecule has 2 N–H and O–H groups in total. The minimum Gasteiger partial charge on any atom is -0.378 e. The minimum atomic E-state index is -0.0868. The van der Waals surface area contributed by atoms with Gasteiger partial charge < -0.3 is 15.4 Å². The summed E-state index contributed by atoms with van der Waals surface area (Å²) >= 11 is 0. The molecule has 4 heteroatoms. The molecule has 1 aromatic rings. The molecule has 1 aliphatic carbocycles. The molecule has 0 aromatic heterocycles. The van der Waals surface area contributed by atoms with Crippen LogP contribution in [0.4, 0.5) is 4.79 Å². The number of nitrogens with one attached hydrogen (secondary N) is 2. The lowest BCUT2D eigenvalue weighted by Gasteiger charge is -2.21. The molecule has 0 saturated heterocycles. The molecule has 1 aromatic carbocycles. The lowest BCUT2D eigenvalue weighted by molar-refractivity contribution is 0.0275. The summed E-state index contributed by atoms with van der Waals surface area (Å²) < 4.78 is 5.85. The number of ether oxygens (including phenoxy) is 1. The van der Waals surface area contributed by atoms with Crippen molar-refractivity contribution < 1.29 is 9.53 Å². The van der Waals surface area contributed by atoms with Crippen LogP contribution in [0.25, 0.3) is 0 Å². The minimum absolute atomic E-state index is 0.0868. The number of hydrogen-bond acceptors (Lipinski definition) is 2. The van der Waals surface area contributed by atoms with Crippen LogP contribution in [0.5, 0.6) is 0 Å². The molecule has 0 aliphatic heterocycles. The van der Waals surface area contributed by atoms with Gasteiger partial charge >= 0.3 is 6.03 Å². The van der Waals surface area contributed by atoms with E-state index in [0.29, 0.717) is 19.2 Å². The zero-order valence-electron chi connectivity index (χ0n) is 14.3. The van der Waals surface area contributed by atoms with E-state index in [1.54, 1.807) is 0 Å². The molecule has 1 aliphatic rings. The fourth-order valence-corrected chi connectivity index (χ4v) is 3.02. The quantitative estimate of drug-likeness (QED) is 0.720. The molecule has 0 spiro atoms. The molecule has 4 nitrogen and oxygen atoms in total. The molecule has 23 heavy (non-hydrogen) atoms. The zero-order valence-corrected chi connectivity index (χ0v) is 14.3. The Morgan fingerprint density at radius 1 is 1.13 bits per heavy atom. The molecule has 0 unspecified atom stereocenters. The number of rotatable bonds is 8. The van der Waals surface area contributed by atoms with Gasteiger partial charge in [0.15, 0.2) is 0 Å². The van der Waals surface area contributed by atoms with Gasteiger partial charge in [0.2, 0.25) is 0 Å². The predicted molar refractivity (Wildman–Crippen MR) is 93.7 cm³/mol. The van der Waals surface area contributed by atoms with Crippen LogP contribution in [0.15, 0.2) is 24.3 Å². The molecule has 128 valence electrons. The zero-order chi connectivity index (χ0) is 16.3. The Hall–Kier alpha value is -1.55. The van der Waals surface area contributed by atoms with E-state index in [2.05, 4.69) is 29.7 Å². The highest BCUT2D eigenvalue weighted by Gasteiger charge is 2.13. The first kappa shape index (κ1) is 17.8. The first-order chi connectivity index (χ1) is 11.3. The summed E-state index contributed by atoms with van der Waals surface area (Å²) in [4.78, 5) is 11.7. The van der Waals surface area contributed by atoms with Crippen LogP contribution in [0.2, 0.25) is 0 Å². The largest absolute Gasteiger partial charge is 0.378 e. The monoisotopic (exact) mass is 318 g/mol. The molecule has 0 atom stereocenters. The van der Waals surface area contributed by atoms with Gasteiger partial charge in [-0.3, -0.25) is 0 Å². The van der Waals surface area contributed by atoms with Crippen LogP contribution in [0, 0.1) is 6.92 Å². The lowest BCUT2D eigenvalue weighted by atomic mass is 9.98. The van der Waals surface area contributed by atoms with Crippen LogP contribution in [-0.4, -0.2) is 31.8 Å². The van der Waals surface area contributed by atoms with Crippen LogP contribution < -0.4 is 10.6 Å². The van der Waals surface area contributed by atoms with Crippen LogP contribution in [0.3, 0.4) is 0 Å². The number of amides is 2. The molecule has 0 radical (unpaired) electrons. The van der Waals surface area contributed by atoms with Gasteiger partial charge in [0.05, 0.1) is 6.10 Å². The highest BCUT2D eigenvalue weighted by molar-refractivity contribution is 5.73. The smallest absolute Gasteiger partial charge is 0.314 e. The van der Waals surface area contributed by atoms with E-state index in [1.807, 2.05) is 12.1 Å². The molecular weight excluding hydrogens is 288 g/mol. The number of carbonyl (C=O) groups excluding carboxylic acids is 1. The van der Waals surface area contributed by atoms with Crippen molar-refractivity contribution in [3.63, 3.8) is 0 Å². The molecule has 1 fully saturated rings. The van der Waals surface area contributed by atoms with Gasteiger partial charge in [0.25, 0.3) is 0 Å². The molecule has 1 saturated carbocycles. The molecular formula is C19H30N2O2. The molecule has 2 rings (SSSR count). The van der Waals surface area contributed by atoms with Crippen LogP contribution in [-0.2, 0) is 11.2 Å². The summed E-state index contributed by atoms with van der Waals surface area (Å²) in [5, 5.41) is 5.80. The number of carbonyl (C=O) groups is 1. The van der Waals surface area contributed by atoms with Crippen molar-refractivity contribution in [3.8, 4) is 0 Å². The highest BCUT2D eigenvalue weighted by atomic mass is 16.5. The van der Waals surface area contributed by atoms with Gasteiger partial charge in [-0.1, -0.05) is 43.5 Å². The van der Waals surface area contributed by atoms with Gasteiger partial charge in [-0.2, -0.15) is 0 Å². The van der Waals surface area contributed by atoms with E-state index in [9.17, 15) is 4.79 Å². The fraction of sp³-hybridized carbons (Fsp3) is 0.632. The van der Waals surface area contributed by atoms with Crippen molar-refractivity contribution >= 4 is 6.03 Å². The Balaban J connectivity index is 1.47. The SMILES string of the molecule is Cc1ccccc1CCNC(=O)NCCCOC1CCCCC1. The highest BCUT2D eigenvalue weighted by Crippen LogP contribution is 2.20. The maximum absolute atomic E-state index is 11.7. The lowest BCUT2D eigenvalue weighted by Crippen LogP contribution is -2.37. The van der Waals surface area contributed by atoms with Crippen molar-refractivity contribution in [1.82, 2.24) is 10.6 Å². The standard InChI is InChI=1S/C19H30N2O2/c1-16-8-5-6-9-17(16)12-14-21-19(22)20-13-7-15-23-18-10-3-2-4-11-18/h5-6,8-9,18H,2-4,7,10-15H2,1H3,(H2,20,21,22). The third-order valence-corrected chi connectivity index (χ3v) is 4.45. The van der Waals surface area contributed by atoms with E-state index >= 15 is 0 Å². The molecule has 0 heterocycles. The average Bonchev–Trinajstić information content (AvgIpc) is 2.57. The second-order valence-electron chi connectivity index (χ2n) is 6.34. The first-order valence-electron chi connectivity index (χ1n) is 8.93. The maximum Gasteiger partial charge on any atom is 0.314 e. The average molecular weight is 318 g/mol. The summed E-state index contributed by atoms with van der Waals surface area (Å²) in [5.41, 5.74) is 2.56. The Kier molecular flexibility index (Phi) is 7.95. The van der Waals surface area contributed by atoms with Crippen molar-refractivity contribution in [2.24, 2.45) is 0 Å². The van der Waals surface area contributed by atoms with Crippen LogP contribution >= 0.6 is 0 Å². The Morgan fingerprint density at radius 3 is 2.65 bits per heavy atom. The first-order valence-corrected chi connectivity index (χ1v) is 8.93. The number of aryl methyl sites for hydroxylation is 1. The Bertz CT molecular complexity index is 470. The van der Waals surface area contributed by atoms with Crippen LogP contribution in [0.1, 0.15) is 49.7 Å². The summed E-state index contributed by atoms with van der Waals surface area (Å²) in [5.74, 6) is 0. The summed E-state index contributed by atoms with van der Waals surface area (Å²) in [6, 6.07) is 8.19. The van der Waals surface area contributed by atoms with Gasteiger partial charge in [-0.25, -0.2) is 4.79 Å². The topological polar surface area (TPSA) is 50.4 Å². The maximum atomic E-state index is 11.7. The van der Waals surface area contributed by atoms with Gasteiger partial charge in [0, 0.05) is 19.7 Å². The fourth-order valence-electron chi connectivity index (χ4n) is 3.02. The second kappa shape index (κ2) is 10.3. The number of hydrogen-bond donors (Lipinski definition) is 2. The van der Waals surface area contributed by atoms with Gasteiger partial charge in [-0.05, 0) is 43.7 Å². The van der Waals surface area contributed by atoms with Crippen molar-refractivity contribution in [2.75, 3.05) is 19.7 Å². The van der Waals surface area contributed by atoms with E-state index in [0.717, 1.165) is 19.4 Å². The van der Waals surface area contributed by atoms with Gasteiger partial charge in [0.1, 0.15) is 0 Å². The normalized spacial score (nSPS) is 15.3. The second-order valence-corrected chi connectivity index (χ2v) is 6.34. The van der Waals surface area contributed by atoms with E-state index in [4.69, 9.17) is 4.74 Å². The number of urea groups is 1. The van der Waals surface area contributed by atoms with Crippen molar-refractivity contribution in [3.05, 3.63) is 35.4 Å². The summed E-state index contributed by atoms with van der Waals surface area (Å²) in [6.07, 6.45) is 8.54. The van der Waals surface area contributed by atoms with E-state index in [-0.39, 0.29) is 6.03 Å². The molecule has 0 bridgehead atoms. The van der Waals surface area contributed by atoms with E-state index in [1.165, 1.54) is 43.2 Å². The summed E-state index contributed by atoms with van der Waals surface area (Å²) in [7, 11) is 0. The molecule has 2 amide bonds. The van der Waals surface area contributed by atoms with E-state index < -0.39 is 0 Å². The van der Waals surface area contributed by atoms with Crippen molar-refractivity contribution in [2.45, 2.75) is 58.0 Å². The third-order valence-electron chi connectivity index (χ3n) is 4.45. The summed E-state index contributed by atoms with van der Waals surface area (Å²) in [6.45, 7) is 4.17. The Morgan fingerprint density at radius 2 is 1.87 bits per heavy atom. The van der Waals surface area contributed by atoms with Gasteiger partial charge in [-0.15, -0.1) is 0 Å². The van der Waals surface area contributed by atoms with Crippen molar-refractivity contribution in [1.29, 1.82) is 0 Å². The third kappa shape index (κ3) is 7.04. The Labute approximate surface area is 140 Å².